The summed E-state index contributed by atoms with van der Waals surface area (Å²) in [5.41, 5.74) is 0. The average molecular weight is 886 g/mol. The van der Waals surface area contributed by atoms with Gasteiger partial charge in [-0.15, -0.1) is 0 Å². The minimum absolute atomic E-state index is 0.259. The largest absolute Gasteiger partial charge is 0.394 e. The normalized spacial score (nSPS) is 21.3. The minimum atomic E-state index is -1.66. The van der Waals surface area contributed by atoms with Crippen molar-refractivity contribution in [2.24, 2.45) is 0 Å². The molecule has 1 rings (SSSR count). The first-order chi connectivity index (χ1) is 30.2. The van der Waals surface area contributed by atoms with Gasteiger partial charge in [-0.3, -0.25) is 4.79 Å². The summed E-state index contributed by atoms with van der Waals surface area (Å²) < 4.78 is 11.1. The number of aliphatic hydroxyl groups is 7. The Balaban J connectivity index is 2.40. The molecule has 1 fully saturated rings. The lowest BCUT2D eigenvalue weighted by molar-refractivity contribution is -0.303. The molecular formula is C51H99NO10. The lowest BCUT2D eigenvalue weighted by atomic mass is 9.98. The third-order valence-electron chi connectivity index (χ3n) is 12.8. The topological polar surface area (TPSA) is 189 Å². The zero-order valence-corrected chi connectivity index (χ0v) is 39.9. The van der Waals surface area contributed by atoms with Crippen LogP contribution in [0, 0.1) is 0 Å². The van der Waals surface area contributed by atoms with Crippen molar-refractivity contribution in [3.05, 3.63) is 12.2 Å². The van der Waals surface area contributed by atoms with Crippen molar-refractivity contribution in [2.45, 2.75) is 294 Å². The van der Waals surface area contributed by atoms with Gasteiger partial charge < -0.3 is 50.5 Å². The van der Waals surface area contributed by atoms with Crippen molar-refractivity contribution >= 4 is 5.91 Å². The molecule has 0 bridgehead atoms. The van der Waals surface area contributed by atoms with Gasteiger partial charge in [0.25, 0.3) is 0 Å². The van der Waals surface area contributed by atoms with Gasteiger partial charge in [-0.25, -0.2) is 0 Å². The monoisotopic (exact) mass is 886 g/mol. The van der Waals surface area contributed by atoms with Crippen molar-refractivity contribution in [1.29, 1.82) is 0 Å². The molecule has 1 heterocycles. The van der Waals surface area contributed by atoms with Crippen molar-refractivity contribution in [3.63, 3.8) is 0 Å². The van der Waals surface area contributed by atoms with Gasteiger partial charge in [-0.05, 0) is 38.5 Å². The van der Waals surface area contributed by atoms with Crippen LogP contribution in [0.25, 0.3) is 0 Å². The van der Waals surface area contributed by atoms with Crippen LogP contribution in [0.5, 0.6) is 0 Å². The number of ether oxygens (including phenoxy) is 2. The van der Waals surface area contributed by atoms with Gasteiger partial charge in [0.2, 0.25) is 5.91 Å². The lowest BCUT2D eigenvalue weighted by Crippen LogP contribution is -2.60. The molecule has 62 heavy (non-hydrogen) atoms. The maximum absolute atomic E-state index is 13.1. The van der Waals surface area contributed by atoms with E-state index in [0.717, 1.165) is 38.5 Å². The van der Waals surface area contributed by atoms with Crippen LogP contribution in [0.3, 0.4) is 0 Å². The molecule has 0 aromatic rings. The fourth-order valence-electron chi connectivity index (χ4n) is 8.50. The van der Waals surface area contributed by atoms with Gasteiger partial charge in [-0.1, -0.05) is 212 Å². The Kier molecular flexibility index (Phi) is 39.2. The van der Waals surface area contributed by atoms with E-state index >= 15 is 0 Å². The second kappa shape index (κ2) is 41.3. The van der Waals surface area contributed by atoms with Crippen LogP contribution in [0.15, 0.2) is 12.2 Å². The Morgan fingerprint density at radius 1 is 0.548 bits per heavy atom. The summed E-state index contributed by atoms with van der Waals surface area (Å²) in [6.45, 7) is 3.45. The van der Waals surface area contributed by atoms with Gasteiger partial charge in [0.05, 0.1) is 25.4 Å². The van der Waals surface area contributed by atoms with Gasteiger partial charge >= 0.3 is 0 Å². The molecule has 8 N–H and O–H groups in total. The molecule has 0 aromatic heterocycles. The van der Waals surface area contributed by atoms with Crippen LogP contribution in [0.4, 0.5) is 0 Å². The summed E-state index contributed by atoms with van der Waals surface area (Å²) >= 11 is 0. The number of carbonyl (C=O) groups is 1. The number of hydrogen-bond donors (Lipinski definition) is 8. The van der Waals surface area contributed by atoms with Crippen molar-refractivity contribution in [2.75, 3.05) is 13.2 Å². The lowest BCUT2D eigenvalue weighted by Gasteiger charge is -2.40. The number of rotatable bonds is 44. The van der Waals surface area contributed by atoms with Crippen molar-refractivity contribution in [3.8, 4) is 0 Å². The van der Waals surface area contributed by atoms with Crippen LogP contribution in [-0.4, -0.2) is 110 Å². The first-order valence-electron chi connectivity index (χ1n) is 26.1. The van der Waals surface area contributed by atoms with Gasteiger partial charge in [0.1, 0.15) is 36.6 Å². The van der Waals surface area contributed by atoms with Gasteiger partial charge in [0.15, 0.2) is 6.29 Å². The third-order valence-corrected chi connectivity index (χ3v) is 12.8. The average Bonchev–Trinajstić information content (AvgIpc) is 3.27. The maximum atomic E-state index is 13.1. The smallest absolute Gasteiger partial charge is 0.249 e. The Hall–Kier alpha value is -1.15. The summed E-state index contributed by atoms with van der Waals surface area (Å²) in [7, 11) is 0. The second-order valence-electron chi connectivity index (χ2n) is 18.6. The Bertz CT molecular complexity index is 1020. The molecule has 9 atom stereocenters. The number of allylic oxidation sites excluding steroid dienone is 2. The number of aliphatic hydroxyl groups excluding tert-OH is 7. The van der Waals surface area contributed by atoms with E-state index in [1.54, 1.807) is 0 Å². The quantitative estimate of drug-likeness (QED) is 0.0216. The molecule has 0 saturated carbocycles. The van der Waals surface area contributed by atoms with E-state index in [1.807, 2.05) is 0 Å². The van der Waals surface area contributed by atoms with Crippen molar-refractivity contribution in [1.82, 2.24) is 5.32 Å². The highest BCUT2D eigenvalue weighted by Gasteiger charge is 2.44. The van der Waals surface area contributed by atoms with Crippen molar-refractivity contribution < 1.29 is 50.0 Å². The Labute approximate surface area is 379 Å². The number of nitrogens with one attached hydrogen (secondary N) is 1. The summed E-state index contributed by atoms with van der Waals surface area (Å²) in [4.78, 5) is 13.1. The van der Waals surface area contributed by atoms with E-state index < -0.39 is 74.2 Å². The molecule has 0 spiro atoms. The number of carbonyl (C=O) groups excluding carboxylic acids is 1. The van der Waals surface area contributed by atoms with Gasteiger partial charge in [-0.2, -0.15) is 0 Å². The first-order valence-corrected chi connectivity index (χ1v) is 26.1. The van der Waals surface area contributed by atoms with Crippen LogP contribution < -0.4 is 5.32 Å². The van der Waals surface area contributed by atoms with Crippen LogP contribution in [-0.2, 0) is 14.3 Å². The van der Waals surface area contributed by atoms with E-state index in [2.05, 4.69) is 31.3 Å². The third kappa shape index (κ3) is 30.1. The molecule has 1 saturated heterocycles. The molecule has 11 heteroatoms. The minimum Gasteiger partial charge on any atom is -0.394 e. The molecule has 9 unspecified atom stereocenters. The maximum Gasteiger partial charge on any atom is 0.249 e. The number of amides is 1. The zero-order valence-electron chi connectivity index (χ0n) is 39.9. The Morgan fingerprint density at radius 3 is 1.39 bits per heavy atom. The summed E-state index contributed by atoms with van der Waals surface area (Å²) in [5.74, 6) is -0.703. The number of unbranched alkanes of at least 4 members (excludes halogenated alkanes) is 30. The molecule has 1 aliphatic rings. The fourth-order valence-corrected chi connectivity index (χ4v) is 8.50. The summed E-state index contributed by atoms with van der Waals surface area (Å²) in [6.07, 6.45) is 34.0. The highest BCUT2D eigenvalue weighted by atomic mass is 16.7. The molecule has 1 amide bonds. The molecule has 0 aromatic carbocycles. The SMILES string of the molecule is CCCCCCCCCCCCCCC/C=C/CCCC(O)C(O)C(COC1OC(CO)C(O)C(O)C1O)NC(=O)C(O)CCCCCCCCCCCCCCCCCCC. The van der Waals surface area contributed by atoms with E-state index in [4.69, 9.17) is 9.47 Å². The predicted octanol–water partition coefficient (Wildman–Crippen LogP) is 9.62. The van der Waals surface area contributed by atoms with Crippen LogP contribution >= 0.6 is 0 Å². The van der Waals surface area contributed by atoms with E-state index in [-0.39, 0.29) is 12.8 Å². The van der Waals surface area contributed by atoms with Gasteiger partial charge in [0, 0.05) is 0 Å². The molecule has 0 radical (unpaired) electrons. The molecule has 11 nitrogen and oxygen atoms in total. The molecule has 0 aliphatic carbocycles. The summed E-state index contributed by atoms with van der Waals surface area (Å²) in [5, 5.41) is 75.9. The van der Waals surface area contributed by atoms with Crippen LogP contribution in [0.1, 0.15) is 239 Å². The Morgan fingerprint density at radius 2 is 0.952 bits per heavy atom. The fraction of sp³-hybridized carbons (Fsp3) is 0.941. The second-order valence-corrected chi connectivity index (χ2v) is 18.6. The molecule has 1 aliphatic heterocycles. The highest BCUT2D eigenvalue weighted by Crippen LogP contribution is 2.23. The van der Waals surface area contributed by atoms with E-state index in [0.29, 0.717) is 12.8 Å². The molecule has 368 valence electrons. The standard InChI is InChI=1S/C51H99NO10/c1-3-5-7-9-11-13-15-17-19-21-23-24-26-28-30-32-34-36-38-43(54)46(56)42(41-61-51-49(59)48(58)47(57)45(40-53)62-51)52-50(60)44(55)39-37-35-33-31-29-27-25-22-20-18-16-14-12-10-8-6-4-2/h30,32,42-49,51,53-59H,3-29,31,33-41H2,1-2H3,(H,52,60)/b32-30+. The van der Waals surface area contributed by atoms with E-state index in [9.17, 15) is 40.5 Å². The number of hydrogen-bond acceptors (Lipinski definition) is 10. The zero-order chi connectivity index (χ0) is 45.5. The highest BCUT2D eigenvalue weighted by molar-refractivity contribution is 5.80. The molecular weight excluding hydrogens is 787 g/mol. The predicted molar refractivity (Wildman–Crippen MR) is 252 cm³/mol. The summed E-state index contributed by atoms with van der Waals surface area (Å²) in [6, 6.07) is -1.18. The first kappa shape index (κ1) is 58.9. The van der Waals surface area contributed by atoms with E-state index in [1.165, 1.54) is 161 Å². The van der Waals surface area contributed by atoms with Crippen LogP contribution in [0.2, 0.25) is 0 Å².